The molecule has 0 saturated carbocycles. The molecule has 1 aromatic carbocycles. The van der Waals surface area contributed by atoms with Crippen molar-refractivity contribution in [2.45, 2.75) is 39.5 Å². The number of aliphatic hydroxyl groups is 1. The van der Waals surface area contributed by atoms with Gasteiger partial charge in [-0.1, -0.05) is 12.1 Å². The number of aliphatic hydroxyl groups excluding tert-OH is 1. The Morgan fingerprint density at radius 1 is 1.09 bits per heavy atom. The summed E-state index contributed by atoms with van der Waals surface area (Å²) in [6.07, 6.45) is 6.52. The van der Waals surface area contributed by atoms with E-state index in [0.29, 0.717) is 16.9 Å². The molecule has 0 aliphatic carbocycles. The van der Waals surface area contributed by atoms with E-state index < -0.39 is 17.7 Å². The van der Waals surface area contributed by atoms with Crippen LogP contribution in [-0.4, -0.2) is 37.8 Å². The molecule has 7 heteroatoms. The summed E-state index contributed by atoms with van der Waals surface area (Å²) in [6, 6.07) is 11.6. The fourth-order valence-electron chi connectivity index (χ4n) is 3.95. The maximum absolute atomic E-state index is 13.1. The van der Waals surface area contributed by atoms with Crippen LogP contribution in [0.2, 0.25) is 0 Å². The van der Waals surface area contributed by atoms with Gasteiger partial charge in [0.2, 0.25) is 0 Å². The van der Waals surface area contributed by atoms with Crippen LogP contribution in [0.4, 0.5) is 0 Å². The van der Waals surface area contributed by atoms with Gasteiger partial charge in [-0.15, -0.1) is 0 Å². The summed E-state index contributed by atoms with van der Waals surface area (Å²) in [5, 5.41) is 11.2. The number of carbonyl (C=O) groups is 2. The van der Waals surface area contributed by atoms with Gasteiger partial charge in [0.25, 0.3) is 11.7 Å². The third-order valence-electron chi connectivity index (χ3n) is 5.43. The average Bonchev–Trinajstić information content (AvgIpc) is 3.06. The Kier molecular flexibility index (Phi) is 6.22. The minimum absolute atomic E-state index is 0.00604. The highest BCUT2D eigenvalue weighted by Crippen LogP contribution is 2.40. The fraction of sp³-hybridized carbons (Fsp3) is 0.231. The van der Waals surface area contributed by atoms with Crippen LogP contribution in [0.25, 0.3) is 5.76 Å². The molecule has 0 bridgehead atoms. The zero-order valence-corrected chi connectivity index (χ0v) is 18.7. The van der Waals surface area contributed by atoms with Gasteiger partial charge in [0.15, 0.2) is 0 Å². The molecule has 1 aliphatic heterocycles. The summed E-state index contributed by atoms with van der Waals surface area (Å²) < 4.78 is 5.78. The lowest BCUT2D eigenvalue weighted by atomic mass is 9.95. The number of likely N-dealkylation sites (tertiary alicyclic amines) is 1. The van der Waals surface area contributed by atoms with Crippen molar-refractivity contribution in [3.05, 3.63) is 95.1 Å². The van der Waals surface area contributed by atoms with Crippen molar-refractivity contribution >= 4 is 17.4 Å². The number of ether oxygens (including phenoxy) is 1. The second-order valence-electron chi connectivity index (χ2n) is 8.22. The molecule has 1 saturated heterocycles. The van der Waals surface area contributed by atoms with Gasteiger partial charge in [-0.3, -0.25) is 19.6 Å². The predicted molar refractivity (Wildman–Crippen MR) is 123 cm³/mol. The number of rotatable bonds is 6. The van der Waals surface area contributed by atoms with Crippen LogP contribution in [0.15, 0.2) is 72.8 Å². The maximum atomic E-state index is 13.1. The van der Waals surface area contributed by atoms with Gasteiger partial charge in [-0.2, -0.15) is 0 Å². The number of aryl methyl sites for hydroxylation is 1. The predicted octanol–water partition coefficient (Wildman–Crippen LogP) is 4.19. The highest BCUT2D eigenvalue weighted by atomic mass is 16.5. The number of hydrogen-bond donors (Lipinski definition) is 1. The Morgan fingerprint density at radius 2 is 1.82 bits per heavy atom. The summed E-state index contributed by atoms with van der Waals surface area (Å²) in [7, 11) is 0. The van der Waals surface area contributed by atoms with Gasteiger partial charge < -0.3 is 14.7 Å². The summed E-state index contributed by atoms with van der Waals surface area (Å²) in [6.45, 7) is 5.92. The molecule has 4 rings (SSSR count). The first-order valence-electron chi connectivity index (χ1n) is 10.7. The molecule has 168 valence electrons. The summed E-state index contributed by atoms with van der Waals surface area (Å²) in [5.74, 6) is -0.936. The van der Waals surface area contributed by atoms with E-state index in [2.05, 4.69) is 9.97 Å². The first-order valence-corrected chi connectivity index (χ1v) is 10.7. The van der Waals surface area contributed by atoms with Gasteiger partial charge in [0, 0.05) is 36.9 Å². The number of pyridine rings is 2. The van der Waals surface area contributed by atoms with Crippen molar-refractivity contribution in [1.82, 2.24) is 14.9 Å². The summed E-state index contributed by atoms with van der Waals surface area (Å²) in [4.78, 5) is 35.9. The lowest BCUT2D eigenvalue weighted by Crippen LogP contribution is -2.29. The lowest BCUT2D eigenvalue weighted by Gasteiger charge is -2.25. The molecule has 1 fully saturated rings. The monoisotopic (exact) mass is 443 g/mol. The van der Waals surface area contributed by atoms with Crippen LogP contribution in [0.3, 0.4) is 0 Å². The third-order valence-corrected chi connectivity index (χ3v) is 5.43. The van der Waals surface area contributed by atoms with Crippen LogP contribution in [0, 0.1) is 6.92 Å². The SMILES string of the molecule is Cc1cc(/C(O)=C2\C(=O)C(=O)N(Cc3cccnc3)C2c2cccnc2)ccc1OC(C)C. The highest BCUT2D eigenvalue weighted by Gasteiger charge is 2.46. The van der Waals surface area contributed by atoms with E-state index in [1.807, 2.05) is 26.8 Å². The minimum atomic E-state index is -0.772. The molecule has 3 aromatic rings. The van der Waals surface area contributed by atoms with Crippen LogP contribution in [0.5, 0.6) is 5.75 Å². The first-order chi connectivity index (χ1) is 15.9. The van der Waals surface area contributed by atoms with E-state index in [1.54, 1.807) is 61.2 Å². The number of hydrogen-bond acceptors (Lipinski definition) is 6. The average molecular weight is 444 g/mol. The van der Waals surface area contributed by atoms with Crippen LogP contribution in [0.1, 0.15) is 42.1 Å². The van der Waals surface area contributed by atoms with E-state index in [9.17, 15) is 14.7 Å². The second kappa shape index (κ2) is 9.24. The molecular formula is C26H25N3O4. The standard InChI is InChI=1S/C26H25N3O4/c1-16(2)33-21-9-8-19(12-17(21)3)24(30)22-23(20-7-5-11-28-14-20)29(26(32)25(22)31)15-18-6-4-10-27-13-18/h4-14,16,23,30H,15H2,1-3H3/b24-22+. The van der Waals surface area contributed by atoms with E-state index in [-0.39, 0.29) is 24.0 Å². The van der Waals surface area contributed by atoms with Crippen molar-refractivity contribution < 1.29 is 19.4 Å². The zero-order valence-electron chi connectivity index (χ0n) is 18.7. The molecule has 1 atom stereocenters. The number of nitrogens with zero attached hydrogens (tertiary/aromatic N) is 3. The molecule has 1 unspecified atom stereocenters. The molecule has 2 aromatic heterocycles. The molecule has 3 heterocycles. The second-order valence-corrected chi connectivity index (χ2v) is 8.22. The summed E-state index contributed by atoms with van der Waals surface area (Å²) in [5.41, 5.74) is 2.71. The smallest absolute Gasteiger partial charge is 0.295 e. The van der Waals surface area contributed by atoms with E-state index in [4.69, 9.17) is 4.74 Å². The number of carbonyl (C=O) groups excluding carboxylic acids is 2. The van der Waals surface area contributed by atoms with Gasteiger partial charge in [-0.25, -0.2) is 0 Å². The Morgan fingerprint density at radius 3 is 2.42 bits per heavy atom. The number of aromatic nitrogens is 2. The number of benzene rings is 1. The molecule has 1 aliphatic rings. The molecule has 1 N–H and O–H groups in total. The van der Waals surface area contributed by atoms with Crippen molar-refractivity contribution in [3.8, 4) is 5.75 Å². The largest absolute Gasteiger partial charge is 0.507 e. The van der Waals surface area contributed by atoms with Gasteiger partial charge in [-0.05, 0) is 67.8 Å². The summed E-state index contributed by atoms with van der Waals surface area (Å²) >= 11 is 0. The Labute approximate surface area is 192 Å². The number of amides is 1. The van der Waals surface area contributed by atoms with Gasteiger partial charge in [0.05, 0.1) is 17.7 Å². The van der Waals surface area contributed by atoms with E-state index >= 15 is 0 Å². The molecule has 33 heavy (non-hydrogen) atoms. The van der Waals surface area contributed by atoms with Crippen LogP contribution < -0.4 is 4.74 Å². The Balaban J connectivity index is 1.81. The van der Waals surface area contributed by atoms with E-state index in [0.717, 1.165) is 11.1 Å². The first kappa shape index (κ1) is 22.2. The topological polar surface area (TPSA) is 92.6 Å². The van der Waals surface area contributed by atoms with Crippen molar-refractivity contribution in [2.75, 3.05) is 0 Å². The zero-order chi connectivity index (χ0) is 23.5. The molecule has 0 radical (unpaired) electrons. The number of ketones is 1. The minimum Gasteiger partial charge on any atom is -0.507 e. The lowest BCUT2D eigenvalue weighted by molar-refractivity contribution is -0.140. The molecule has 0 spiro atoms. The quantitative estimate of drug-likeness (QED) is 0.349. The maximum Gasteiger partial charge on any atom is 0.295 e. The Bertz CT molecular complexity index is 1210. The van der Waals surface area contributed by atoms with Gasteiger partial charge >= 0.3 is 0 Å². The van der Waals surface area contributed by atoms with Crippen LogP contribution in [-0.2, 0) is 16.1 Å². The van der Waals surface area contributed by atoms with Crippen LogP contribution >= 0.6 is 0 Å². The van der Waals surface area contributed by atoms with Crippen molar-refractivity contribution in [2.24, 2.45) is 0 Å². The van der Waals surface area contributed by atoms with Crippen molar-refractivity contribution in [1.29, 1.82) is 0 Å². The normalized spacial score (nSPS) is 17.6. The molecule has 1 amide bonds. The molecule has 7 nitrogen and oxygen atoms in total. The van der Waals surface area contributed by atoms with Gasteiger partial charge in [0.1, 0.15) is 11.5 Å². The Hall–Kier alpha value is -4.00. The fourth-order valence-corrected chi connectivity index (χ4v) is 3.95. The number of Topliss-reactive ketones (excluding diaryl/α,β-unsaturated/α-hetero) is 1. The van der Waals surface area contributed by atoms with E-state index in [1.165, 1.54) is 4.90 Å². The van der Waals surface area contributed by atoms with Crippen molar-refractivity contribution in [3.63, 3.8) is 0 Å². The molecular weight excluding hydrogens is 418 g/mol. The third kappa shape index (κ3) is 4.48. The highest BCUT2D eigenvalue weighted by molar-refractivity contribution is 6.46.